The van der Waals surface area contributed by atoms with Crippen molar-refractivity contribution in [1.29, 1.82) is 0 Å². The molecule has 0 aliphatic carbocycles. The monoisotopic (exact) mass is 260 g/mol. The smallest absolute Gasteiger partial charge is 0.338 e. The summed E-state index contributed by atoms with van der Waals surface area (Å²) < 4.78 is 0. The first-order chi connectivity index (χ1) is 8.66. The quantitative estimate of drug-likeness (QED) is 0.856. The Hall–Kier alpha value is -1.88. The highest BCUT2D eigenvalue weighted by Crippen LogP contribution is 2.24. The molecule has 0 radical (unpaired) electrons. The van der Waals surface area contributed by atoms with Crippen LogP contribution in [0, 0.1) is 6.92 Å². The molecule has 0 aromatic carbocycles. The van der Waals surface area contributed by atoms with Gasteiger partial charge in [0.1, 0.15) is 5.03 Å². The molecular weight excluding hydrogens is 248 g/mol. The van der Waals surface area contributed by atoms with Gasteiger partial charge >= 0.3 is 5.97 Å². The minimum absolute atomic E-state index is 0.244. The third kappa shape index (κ3) is 3.07. The van der Waals surface area contributed by atoms with Crippen LogP contribution in [-0.4, -0.2) is 21.0 Å². The molecule has 0 saturated carbocycles. The molecule has 2 rings (SSSR count). The zero-order valence-corrected chi connectivity index (χ0v) is 10.6. The SMILES string of the molecule is Cc1cc(CSc2ncccc2C(=O)O)ccn1. The van der Waals surface area contributed by atoms with Crippen LogP contribution in [0.4, 0.5) is 0 Å². The third-order valence-corrected chi connectivity index (χ3v) is 3.41. The average Bonchev–Trinajstić information content (AvgIpc) is 2.37. The molecule has 1 N–H and O–H groups in total. The van der Waals surface area contributed by atoms with Crippen molar-refractivity contribution in [1.82, 2.24) is 9.97 Å². The maximum atomic E-state index is 11.0. The third-order valence-electron chi connectivity index (χ3n) is 2.34. The number of thioether (sulfide) groups is 1. The highest BCUT2D eigenvalue weighted by molar-refractivity contribution is 7.98. The maximum Gasteiger partial charge on any atom is 0.338 e. The predicted molar refractivity (Wildman–Crippen MR) is 69.7 cm³/mol. The number of aromatic nitrogens is 2. The fourth-order valence-electron chi connectivity index (χ4n) is 1.51. The lowest BCUT2D eigenvalue weighted by Gasteiger charge is -2.04. The molecule has 2 aromatic rings. The average molecular weight is 260 g/mol. The topological polar surface area (TPSA) is 63.1 Å². The van der Waals surface area contributed by atoms with Crippen LogP contribution in [0.1, 0.15) is 21.6 Å². The van der Waals surface area contributed by atoms with Crippen molar-refractivity contribution in [2.75, 3.05) is 0 Å². The van der Waals surface area contributed by atoms with E-state index in [1.165, 1.54) is 11.8 Å². The van der Waals surface area contributed by atoms with Gasteiger partial charge in [0.05, 0.1) is 5.56 Å². The highest BCUT2D eigenvalue weighted by Gasteiger charge is 2.10. The van der Waals surface area contributed by atoms with Gasteiger partial charge in [-0.15, -0.1) is 11.8 Å². The van der Waals surface area contributed by atoms with E-state index in [9.17, 15) is 4.79 Å². The molecular formula is C13H12N2O2S. The zero-order valence-electron chi connectivity index (χ0n) is 9.83. The molecule has 0 unspecified atom stereocenters. The van der Waals surface area contributed by atoms with E-state index in [2.05, 4.69) is 9.97 Å². The molecule has 92 valence electrons. The molecule has 2 heterocycles. The van der Waals surface area contributed by atoms with Crippen LogP contribution in [0.15, 0.2) is 41.7 Å². The maximum absolute atomic E-state index is 11.0. The van der Waals surface area contributed by atoms with E-state index in [-0.39, 0.29) is 5.56 Å². The molecule has 0 saturated heterocycles. The Morgan fingerprint density at radius 3 is 2.89 bits per heavy atom. The van der Waals surface area contributed by atoms with Gasteiger partial charge in [-0.05, 0) is 36.8 Å². The van der Waals surface area contributed by atoms with Crippen molar-refractivity contribution in [2.45, 2.75) is 17.7 Å². The molecule has 0 bridgehead atoms. The number of carboxylic acids is 1. The summed E-state index contributed by atoms with van der Waals surface area (Å²) in [4.78, 5) is 19.2. The van der Waals surface area contributed by atoms with Crippen molar-refractivity contribution < 1.29 is 9.90 Å². The number of rotatable bonds is 4. The fraction of sp³-hybridized carbons (Fsp3) is 0.154. The standard InChI is InChI=1S/C13H12N2O2S/c1-9-7-10(4-6-14-9)8-18-12-11(13(16)17)3-2-5-15-12/h2-7H,8H2,1H3,(H,16,17). The van der Waals surface area contributed by atoms with E-state index in [1.807, 2.05) is 19.1 Å². The van der Waals surface area contributed by atoms with E-state index >= 15 is 0 Å². The second-order valence-corrected chi connectivity index (χ2v) is 4.72. The Morgan fingerprint density at radius 2 is 2.17 bits per heavy atom. The number of aryl methyl sites for hydroxylation is 1. The largest absolute Gasteiger partial charge is 0.478 e. The molecule has 0 atom stereocenters. The number of aromatic carboxylic acids is 1. The van der Waals surface area contributed by atoms with Crippen molar-refractivity contribution in [3.05, 3.63) is 53.5 Å². The van der Waals surface area contributed by atoms with Crippen LogP contribution in [0.5, 0.6) is 0 Å². The van der Waals surface area contributed by atoms with Crippen LogP contribution in [0.25, 0.3) is 0 Å². The van der Waals surface area contributed by atoms with Gasteiger partial charge in [-0.1, -0.05) is 0 Å². The van der Waals surface area contributed by atoms with E-state index in [4.69, 9.17) is 5.11 Å². The molecule has 4 nitrogen and oxygen atoms in total. The molecule has 0 spiro atoms. The highest BCUT2D eigenvalue weighted by atomic mass is 32.2. The van der Waals surface area contributed by atoms with E-state index in [0.29, 0.717) is 10.8 Å². The molecule has 2 aromatic heterocycles. The first kappa shape index (κ1) is 12.6. The normalized spacial score (nSPS) is 10.3. The Labute approximate surface area is 109 Å². The summed E-state index contributed by atoms with van der Waals surface area (Å²) in [6.45, 7) is 1.93. The van der Waals surface area contributed by atoms with Crippen LogP contribution in [-0.2, 0) is 5.75 Å². The van der Waals surface area contributed by atoms with Crippen molar-refractivity contribution in [2.24, 2.45) is 0 Å². The van der Waals surface area contributed by atoms with Gasteiger partial charge < -0.3 is 5.11 Å². The van der Waals surface area contributed by atoms with Gasteiger partial charge in [-0.2, -0.15) is 0 Å². The summed E-state index contributed by atoms with van der Waals surface area (Å²) in [5.41, 5.74) is 2.30. The lowest BCUT2D eigenvalue weighted by atomic mass is 10.2. The molecule has 0 aliphatic rings. The Morgan fingerprint density at radius 1 is 1.33 bits per heavy atom. The van der Waals surface area contributed by atoms with Gasteiger partial charge in [-0.3, -0.25) is 4.98 Å². The summed E-state index contributed by atoms with van der Waals surface area (Å²) in [5.74, 6) is -0.266. The van der Waals surface area contributed by atoms with Gasteiger partial charge in [0.2, 0.25) is 0 Å². The van der Waals surface area contributed by atoms with Gasteiger partial charge in [0, 0.05) is 23.8 Å². The predicted octanol–water partition coefficient (Wildman–Crippen LogP) is 2.78. The molecule has 0 aliphatic heterocycles. The number of hydrogen-bond acceptors (Lipinski definition) is 4. The number of carboxylic acid groups (broad SMARTS) is 1. The Balaban J connectivity index is 2.13. The van der Waals surface area contributed by atoms with Crippen LogP contribution in [0.3, 0.4) is 0 Å². The summed E-state index contributed by atoms with van der Waals surface area (Å²) in [6, 6.07) is 7.10. The number of hydrogen-bond donors (Lipinski definition) is 1. The Bertz CT molecular complexity index is 572. The van der Waals surface area contributed by atoms with E-state index < -0.39 is 5.97 Å². The lowest BCUT2D eigenvalue weighted by Crippen LogP contribution is -2.00. The fourth-order valence-corrected chi connectivity index (χ4v) is 2.44. The molecule has 5 heteroatoms. The van der Waals surface area contributed by atoms with Gasteiger partial charge in [0.15, 0.2) is 0 Å². The van der Waals surface area contributed by atoms with Crippen molar-refractivity contribution in [3.8, 4) is 0 Å². The number of nitrogens with zero attached hydrogens (tertiary/aromatic N) is 2. The van der Waals surface area contributed by atoms with Crippen LogP contribution < -0.4 is 0 Å². The Kier molecular flexibility index (Phi) is 3.94. The minimum Gasteiger partial charge on any atom is -0.478 e. The summed E-state index contributed by atoms with van der Waals surface area (Å²) >= 11 is 1.42. The first-order valence-electron chi connectivity index (χ1n) is 5.39. The second-order valence-electron chi connectivity index (χ2n) is 3.76. The van der Waals surface area contributed by atoms with Crippen LogP contribution >= 0.6 is 11.8 Å². The zero-order chi connectivity index (χ0) is 13.0. The van der Waals surface area contributed by atoms with Gasteiger partial charge in [-0.25, -0.2) is 9.78 Å². The molecule has 0 amide bonds. The van der Waals surface area contributed by atoms with E-state index in [0.717, 1.165) is 11.3 Å². The molecule has 0 fully saturated rings. The molecule has 18 heavy (non-hydrogen) atoms. The minimum atomic E-state index is -0.948. The summed E-state index contributed by atoms with van der Waals surface area (Å²) in [6.07, 6.45) is 3.36. The summed E-state index contributed by atoms with van der Waals surface area (Å²) in [7, 11) is 0. The summed E-state index contributed by atoms with van der Waals surface area (Å²) in [5, 5.41) is 9.58. The lowest BCUT2D eigenvalue weighted by molar-refractivity contribution is 0.0692. The van der Waals surface area contributed by atoms with E-state index in [1.54, 1.807) is 24.5 Å². The van der Waals surface area contributed by atoms with Crippen LogP contribution in [0.2, 0.25) is 0 Å². The second kappa shape index (κ2) is 5.64. The van der Waals surface area contributed by atoms with Gasteiger partial charge in [0.25, 0.3) is 0 Å². The van der Waals surface area contributed by atoms with Crippen molar-refractivity contribution >= 4 is 17.7 Å². The number of carbonyl (C=O) groups is 1. The van der Waals surface area contributed by atoms with Crippen molar-refractivity contribution in [3.63, 3.8) is 0 Å². The first-order valence-corrected chi connectivity index (χ1v) is 6.38. The number of pyridine rings is 2.